The van der Waals surface area contributed by atoms with Crippen molar-refractivity contribution in [3.63, 3.8) is 0 Å². The minimum atomic E-state index is -0.489. The molecule has 0 aromatic carbocycles. The van der Waals surface area contributed by atoms with Crippen LogP contribution in [0, 0.1) is 11.3 Å². The molecule has 1 amide bonds. The normalized spacial score (nSPS) is 29.7. The second kappa shape index (κ2) is 4.12. The highest BCUT2D eigenvalue weighted by Crippen LogP contribution is 2.45. The maximum absolute atomic E-state index is 11.7. The topological polar surface area (TPSA) is 55.1 Å². The molecule has 1 saturated carbocycles. The maximum Gasteiger partial charge on any atom is 0.238 e. The standard InChI is InChI=1S/C12H24N2O/c1-9(2)8-14-12(10(13)15)7-5-6-11(12,3)4/h9,14H,5-8H2,1-4H3,(H2,13,15). The molecular weight excluding hydrogens is 188 g/mol. The highest BCUT2D eigenvalue weighted by Gasteiger charge is 2.52. The number of carbonyl (C=O) groups excluding carboxylic acids is 1. The first-order valence-corrected chi connectivity index (χ1v) is 5.87. The van der Waals surface area contributed by atoms with E-state index in [1.165, 1.54) is 0 Å². The van der Waals surface area contributed by atoms with Crippen LogP contribution in [0.1, 0.15) is 47.0 Å². The lowest BCUT2D eigenvalue weighted by Crippen LogP contribution is -2.62. The first-order valence-electron chi connectivity index (χ1n) is 5.87. The van der Waals surface area contributed by atoms with Crippen molar-refractivity contribution in [2.45, 2.75) is 52.5 Å². The minimum Gasteiger partial charge on any atom is -0.368 e. The lowest BCUT2D eigenvalue weighted by molar-refractivity contribution is -0.128. The Kier molecular flexibility index (Phi) is 3.44. The van der Waals surface area contributed by atoms with E-state index in [1.807, 2.05) is 0 Å². The summed E-state index contributed by atoms with van der Waals surface area (Å²) in [5, 5.41) is 3.41. The fraction of sp³-hybridized carbons (Fsp3) is 0.917. The number of carbonyl (C=O) groups is 1. The summed E-state index contributed by atoms with van der Waals surface area (Å²) in [5.74, 6) is 0.350. The Hall–Kier alpha value is -0.570. The van der Waals surface area contributed by atoms with E-state index in [9.17, 15) is 4.79 Å². The summed E-state index contributed by atoms with van der Waals surface area (Å²) < 4.78 is 0. The first kappa shape index (κ1) is 12.5. The average molecular weight is 212 g/mol. The van der Waals surface area contributed by atoms with Crippen molar-refractivity contribution in [1.82, 2.24) is 5.32 Å². The number of nitrogens with one attached hydrogen (secondary N) is 1. The van der Waals surface area contributed by atoms with Crippen LogP contribution in [0.15, 0.2) is 0 Å². The van der Waals surface area contributed by atoms with Crippen LogP contribution >= 0.6 is 0 Å². The van der Waals surface area contributed by atoms with E-state index in [-0.39, 0.29) is 11.3 Å². The summed E-state index contributed by atoms with van der Waals surface area (Å²) in [5.41, 5.74) is 5.08. The van der Waals surface area contributed by atoms with Crippen LogP contribution in [0.3, 0.4) is 0 Å². The number of rotatable bonds is 4. The molecule has 3 nitrogen and oxygen atoms in total. The van der Waals surface area contributed by atoms with Crippen molar-refractivity contribution in [3.8, 4) is 0 Å². The number of hydrogen-bond donors (Lipinski definition) is 2. The third-order valence-electron chi connectivity index (χ3n) is 3.74. The van der Waals surface area contributed by atoms with Crippen LogP contribution in [-0.2, 0) is 4.79 Å². The van der Waals surface area contributed by atoms with Gasteiger partial charge >= 0.3 is 0 Å². The van der Waals surface area contributed by atoms with Crippen molar-refractivity contribution in [3.05, 3.63) is 0 Å². The number of primary amides is 1. The van der Waals surface area contributed by atoms with Crippen molar-refractivity contribution < 1.29 is 4.79 Å². The van der Waals surface area contributed by atoms with Gasteiger partial charge in [-0.05, 0) is 30.7 Å². The quantitative estimate of drug-likeness (QED) is 0.744. The van der Waals surface area contributed by atoms with Crippen molar-refractivity contribution in [1.29, 1.82) is 0 Å². The van der Waals surface area contributed by atoms with Gasteiger partial charge in [-0.1, -0.05) is 34.1 Å². The molecule has 0 aliphatic heterocycles. The van der Waals surface area contributed by atoms with Crippen molar-refractivity contribution in [2.24, 2.45) is 17.1 Å². The highest BCUT2D eigenvalue weighted by atomic mass is 16.1. The molecule has 1 atom stereocenters. The zero-order valence-electron chi connectivity index (χ0n) is 10.4. The third kappa shape index (κ3) is 2.17. The van der Waals surface area contributed by atoms with Crippen LogP contribution in [0.25, 0.3) is 0 Å². The molecule has 1 aliphatic rings. The molecule has 3 heteroatoms. The van der Waals surface area contributed by atoms with Gasteiger partial charge in [-0.3, -0.25) is 4.79 Å². The first-order chi connectivity index (χ1) is 6.82. The largest absolute Gasteiger partial charge is 0.368 e. The summed E-state index contributed by atoms with van der Waals surface area (Å²) in [4.78, 5) is 11.7. The summed E-state index contributed by atoms with van der Waals surface area (Å²) >= 11 is 0. The van der Waals surface area contributed by atoms with Crippen LogP contribution in [-0.4, -0.2) is 18.0 Å². The second-order valence-electron chi connectivity index (χ2n) is 5.78. The molecule has 3 N–H and O–H groups in total. The van der Waals surface area contributed by atoms with E-state index in [0.717, 1.165) is 25.8 Å². The van der Waals surface area contributed by atoms with Gasteiger partial charge in [-0.15, -0.1) is 0 Å². The molecule has 88 valence electrons. The van der Waals surface area contributed by atoms with E-state index in [1.54, 1.807) is 0 Å². The van der Waals surface area contributed by atoms with Gasteiger partial charge in [0.2, 0.25) is 5.91 Å². The van der Waals surface area contributed by atoms with E-state index >= 15 is 0 Å². The lowest BCUT2D eigenvalue weighted by Gasteiger charge is -2.40. The minimum absolute atomic E-state index is 0.0201. The van der Waals surface area contributed by atoms with Crippen LogP contribution in [0.4, 0.5) is 0 Å². The molecule has 0 heterocycles. The molecule has 0 aromatic heterocycles. The molecule has 0 bridgehead atoms. The summed E-state index contributed by atoms with van der Waals surface area (Å²) in [6, 6.07) is 0. The molecular formula is C12H24N2O. The number of hydrogen-bond acceptors (Lipinski definition) is 2. The lowest BCUT2D eigenvalue weighted by atomic mass is 9.74. The second-order valence-corrected chi connectivity index (χ2v) is 5.78. The Labute approximate surface area is 92.8 Å². The van der Waals surface area contributed by atoms with Crippen LogP contribution in [0.5, 0.6) is 0 Å². The smallest absolute Gasteiger partial charge is 0.238 e. The molecule has 1 rings (SSSR count). The summed E-state index contributed by atoms with van der Waals surface area (Å²) in [6.07, 6.45) is 3.03. The van der Waals surface area contributed by atoms with E-state index in [4.69, 9.17) is 5.73 Å². The van der Waals surface area contributed by atoms with E-state index in [2.05, 4.69) is 33.0 Å². The molecule has 1 unspecified atom stereocenters. The molecule has 0 saturated heterocycles. The highest BCUT2D eigenvalue weighted by molar-refractivity contribution is 5.86. The fourth-order valence-corrected chi connectivity index (χ4v) is 2.60. The van der Waals surface area contributed by atoms with Gasteiger partial charge in [0.15, 0.2) is 0 Å². The Morgan fingerprint density at radius 1 is 1.40 bits per heavy atom. The van der Waals surface area contributed by atoms with Gasteiger partial charge in [-0.25, -0.2) is 0 Å². The van der Waals surface area contributed by atoms with E-state index in [0.29, 0.717) is 5.92 Å². The van der Waals surface area contributed by atoms with E-state index < -0.39 is 5.54 Å². The van der Waals surface area contributed by atoms with Gasteiger partial charge < -0.3 is 11.1 Å². The van der Waals surface area contributed by atoms with Crippen molar-refractivity contribution >= 4 is 5.91 Å². The van der Waals surface area contributed by atoms with Crippen LogP contribution < -0.4 is 11.1 Å². The van der Waals surface area contributed by atoms with Crippen molar-refractivity contribution in [2.75, 3.05) is 6.54 Å². The maximum atomic E-state index is 11.7. The SMILES string of the molecule is CC(C)CNC1(C(N)=O)CCCC1(C)C. The Balaban J connectivity index is 2.84. The molecule has 0 spiro atoms. The summed E-state index contributed by atoms with van der Waals surface area (Å²) in [6.45, 7) is 9.41. The van der Waals surface area contributed by atoms with Gasteiger partial charge in [-0.2, -0.15) is 0 Å². The zero-order chi connectivity index (χ0) is 11.7. The number of nitrogens with two attached hydrogens (primary N) is 1. The van der Waals surface area contributed by atoms with Gasteiger partial charge in [0.1, 0.15) is 5.54 Å². The van der Waals surface area contributed by atoms with Gasteiger partial charge in [0.25, 0.3) is 0 Å². The Morgan fingerprint density at radius 3 is 2.33 bits per heavy atom. The molecule has 0 radical (unpaired) electrons. The number of amides is 1. The molecule has 0 aromatic rings. The van der Waals surface area contributed by atoms with Gasteiger partial charge in [0.05, 0.1) is 0 Å². The van der Waals surface area contributed by atoms with Crippen LogP contribution in [0.2, 0.25) is 0 Å². The molecule has 15 heavy (non-hydrogen) atoms. The predicted octanol–water partition coefficient (Wildman–Crippen LogP) is 1.67. The Bertz CT molecular complexity index is 248. The fourth-order valence-electron chi connectivity index (χ4n) is 2.60. The summed E-state index contributed by atoms with van der Waals surface area (Å²) in [7, 11) is 0. The average Bonchev–Trinajstić information content (AvgIpc) is 2.38. The molecule has 1 aliphatic carbocycles. The third-order valence-corrected chi connectivity index (χ3v) is 3.74. The van der Waals surface area contributed by atoms with Gasteiger partial charge in [0, 0.05) is 0 Å². The predicted molar refractivity (Wildman–Crippen MR) is 62.4 cm³/mol. The molecule has 1 fully saturated rings. The monoisotopic (exact) mass is 212 g/mol. The zero-order valence-corrected chi connectivity index (χ0v) is 10.4. The Morgan fingerprint density at radius 2 is 2.00 bits per heavy atom.